The molecule has 1 rings (SSSR count). The maximum atomic E-state index is 10.7. The molecule has 2 heteroatoms. The predicted molar refractivity (Wildman–Crippen MR) is 54.5 cm³/mol. The van der Waals surface area contributed by atoms with E-state index < -0.39 is 0 Å². The summed E-state index contributed by atoms with van der Waals surface area (Å²) in [5, 5.41) is 2.86. The summed E-state index contributed by atoms with van der Waals surface area (Å²) in [6.45, 7) is 2.33. The summed E-state index contributed by atoms with van der Waals surface area (Å²) < 4.78 is 0. The van der Waals surface area contributed by atoms with Crippen molar-refractivity contribution < 1.29 is 4.79 Å². The Bertz CT molecular complexity index is 196. The highest BCUT2D eigenvalue weighted by molar-refractivity contribution is 5.73. The lowest BCUT2D eigenvalue weighted by atomic mass is 10.00. The van der Waals surface area contributed by atoms with Gasteiger partial charge in [-0.1, -0.05) is 24.5 Å². The largest absolute Gasteiger partial charge is 0.353 e. The maximum absolute atomic E-state index is 10.7. The zero-order valence-corrected chi connectivity index (χ0v) is 8.44. The number of hydrogen-bond donors (Lipinski definition) is 1. The van der Waals surface area contributed by atoms with Crippen molar-refractivity contribution in [3.8, 4) is 0 Å². The fourth-order valence-electron chi connectivity index (χ4n) is 1.66. The summed E-state index contributed by atoms with van der Waals surface area (Å²) in [5.74, 6) is 0.0722. The molecule has 0 saturated heterocycles. The number of carbonyl (C=O) groups excluding carboxylic acids is 1. The van der Waals surface area contributed by atoms with Crippen molar-refractivity contribution in [2.75, 3.05) is 6.54 Å². The summed E-state index contributed by atoms with van der Waals surface area (Å²) in [6.07, 6.45) is 9.96. The van der Waals surface area contributed by atoms with Gasteiger partial charge in [-0.3, -0.25) is 4.79 Å². The average Bonchev–Trinajstić information content (AvgIpc) is 2.01. The van der Waals surface area contributed by atoms with Gasteiger partial charge in [0.1, 0.15) is 0 Å². The summed E-state index contributed by atoms with van der Waals surface area (Å²) in [6, 6.07) is 0. The molecule has 0 fully saturated rings. The molecule has 0 heterocycles. The third kappa shape index (κ3) is 4.71. The normalized spacial score (nSPS) is 18.4. The van der Waals surface area contributed by atoms with E-state index in [1.54, 1.807) is 6.92 Å². The van der Waals surface area contributed by atoms with Crippen LogP contribution in [0.5, 0.6) is 0 Å². The molecule has 1 aliphatic carbocycles. The molecule has 0 aromatic carbocycles. The van der Waals surface area contributed by atoms with E-state index in [0.29, 0.717) is 0 Å². The number of nitrogens with one attached hydrogen (secondary N) is 1. The van der Waals surface area contributed by atoms with Crippen LogP contribution >= 0.6 is 0 Å². The van der Waals surface area contributed by atoms with E-state index in [9.17, 15) is 4.79 Å². The Morgan fingerprint density at radius 1 is 1.38 bits per heavy atom. The lowest BCUT2D eigenvalue weighted by Gasteiger charge is -2.11. The van der Waals surface area contributed by atoms with Crippen LogP contribution in [-0.4, -0.2) is 12.5 Å². The van der Waals surface area contributed by atoms with Gasteiger partial charge in [0.2, 0.25) is 5.91 Å². The number of rotatable bonds is 2. The van der Waals surface area contributed by atoms with Crippen molar-refractivity contribution in [3.63, 3.8) is 0 Å². The van der Waals surface area contributed by atoms with Gasteiger partial charge in [0.25, 0.3) is 0 Å². The molecule has 1 amide bonds. The van der Waals surface area contributed by atoms with E-state index in [0.717, 1.165) is 6.54 Å². The Labute approximate surface area is 80.4 Å². The number of hydrogen-bond acceptors (Lipinski definition) is 1. The number of carbonyl (C=O) groups is 1. The Morgan fingerprint density at radius 2 is 2.15 bits per heavy atom. The number of amides is 1. The molecule has 0 radical (unpaired) electrons. The highest BCUT2D eigenvalue weighted by atomic mass is 16.1. The molecule has 2 nitrogen and oxygen atoms in total. The van der Waals surface area contributed by atoms with Gasteiger partial charge in [-0.15, -0.1) is 0 Å². The van der Waals surface area contributed by atoms with Gasteiger partial charge in [-0.2, -0.15) is 0 Å². The molecule has 0 aromatic rings. The van der Waals surface area contributed by atoms with Gasteiger partial charge in [-0.05, 0) is 25.7 Å². The Morgan fingerprint density at radius 3 is 2.92 bits per heavy atom. The van der Waals surface area contributed by atoms with Crippen LogP contribution in [0.25, 0.3) is 0 Å². The second-order valence-corrected chi connectivity index (χ2v) is 3.73. The van der Waals surface area contributed by atoms with E-state index in [4.69, 9.17) is 0 Å². The van der Waals surface area contributed by atoms with Crippen LogP contribution in [0.4, 0.5) is 0 Å². The SMILES string of the molecule is CC(=O)NCC1=CCCCCCC1. The van der Waals surface area contributed by atoms with E-state index >= 15 is 0 Å². The Kier molecular flexibility index (Phi) is 4.58. The van der Waals surface area contributed by atoms with Crippen molar-refractivity contribution >= 4 is 5.91 Å². The van der Waals surface area contributed by atoms with Crippen molar-refractivity contribution in [3.05, 3.63) is 11.6 Å². The predicted octanol–water partition coefficient (Wildman–Crippen LogP) is 2.40. The van der Waals surface area contributed by atoms with Gasteiger partial charge in [0, 0.05) is 13.5 Å². The molecule has 74 valence electrons. The lowest BCUT2D eigenvalue weighted by molar-refractivity contribution is -0.118. The zero-order valence-electron chi connectivity index (χ0n) is 8.44. The molecule has 0 saturated carbocycles. The van der Waals surface area contributed by atoms with Gasteiger partial charge < -0.3 is 5.32 Å². The molecule has 0 spiro atoms. The highest BCUT2D eigenvalue weighted by Crippen LogP contribution is 2.16. The average molecular weight is 181 g/mol. The summed E-state index contributed by atoms with van der Waals surface area (Å²) in [7, 11) is 0. The first-order valence-corrected chi connectivity index (χ1v) is 5.21. The van der Waals surface area contributed by atoms with Crippen LogP contribution in [0, 0.1) is 0 Å². The van der Waals surface area contributed by atoms with Gasteiger partial charge in [0.05, 0.1) is 0 Å². The third-order valence-corrected chi connectivity index (χ3v) is 2.45. The number of allylic oxidation sites excluding steroid dienone is 1. The maximum Gasteiger partial charge on any atom is 0.217 e. The molecule has 0 aromatic heterocycles. The topological polar surface area (TPSA) is 29.1 Å². The quantitative estimate of drug-likeness (QED) is 0.651. The monoisotopic (exact) mass is 181 g/mol. The standard InChI is InChI=1S/C11H19NO/c1-10(13)12-9-11-7-5-3-2-4-6-8-11/h7H,2-6,8-9H2,1H3,(H,12,13). The van der Waals surface area contributed by atoms with Crippen molar-refractivity contribution in [2.45, 2.75) is 45.4 Å². The summed E-state index contributed by atoms with van der Waals surface area (Å²) in [4.78, 5) is 10.7. The molecule has 1 N–H and O–H groups in total. The third-order valence-electron chi connectivity index (χ3n) is 2.45. The minimum absolute atomic E-state index is 0.0722. The fraction of sp³-hybridized carbons (Fsp3) is 0.727. The van der Waals surface area contributed by atoms with Crippen LogP contribution < -0.4 is 5.32 Å². The van der Waals surface area contributed by atoms with Gasteiger partial charge in [0.15, 0.2) is 0 Å². The molecule has 1 aliphatic rings. The van der Waals surface area contributed by atoms with Gasteiger partial charge in [-0.25, -0.2) is 0 Å². The van der Waals surface area contributed by atoms with Crippen molar-refractivity contribution in [1.82, 2.24) is 5.32 Å². The molecule has 13 heavy (non-hydrogen) atoms. The second kappa shape index (κ2) is 5.79. The van der Waals surface area contributed by atoms with Crippen LogP contribution in [0.15, 0.2) is 11.6 Å². The van der Waals surface area contributed by atoms with E-state index in [1.165, 1.54) is 44.1 Å². The Balaban J connectivity index is 2.31. The first kappa shape index (κ1) is 10.3. The van der Waals surface area contributed by atoms with Crippen LogP contribution in [0.1, 0.15) is 45.4 Å². The summed E-state index contributed by atoms with van der Waals surface area (Å²) in [5.41, 5.74) is 1.41. The lowest BCUT2D eigenvalue weighted by Crippen LogP contribution is -2.22. The van der Waals surface area contributed by atoms with Crippen molar-refractivity contribution in [2.24, 2.45) is 0 Å². The van der Waals surface area contributed by atoms with Crippen LogP contribution in [0.2, 0.25) is 0 Å². The minimum Gasteiger partial charge on any atom is -0.353 e. The first-order valence-electron chi connectivity index (χ1n) is 5.21. The molecule has 0 aliphatic heterocycles. The molecular weight excluding hydrogens is 162 g/mol. The van der Waals surface area contributed by atoms with E-state index in [1.807, 2.05) is 0 Å². The highest BCUT2D eigenvalue weighted by Gasteiger charge is 2.02. The smallest absolute Gasteiger partial charge is 0.217 e. The molecule has 0 bridgehead atoms. The summed E-state index contributed by atoms with van der Waals surface area (Å²) >= 11 is 0. The Hall–Kier alpha value is -0.790. The van der Waals surface area contributed by atoms with Crippen molar-refractivity contribution in [1.29, 1.82) is 0 Å². The van der Waals surface area contributed by atoms with Crippen LogP contribution in [0.3, 0.4) is 0 Å². The zero-order chi connectivity index (χ0) is 9.52. The second-order valence-electron chi connectivity index (χ2n) is 3.73. The molecular formula is C11H19NO. The van der Waals surface area contributed by atoms with E-state index in [-0.39, 0.29) is 5.91 Å². The minimum atomic E-state index is 0.0722. The fourth-order valence-corrected chi connectivity index (χ4v) is 1.66. The van der Waals surface area contributed by atoms with Gasteiger partial charge >= 0.3 is 0 Å². The van der Waals surface area contributed by atoms with Crippen LogP contribution in [-0.2, 0) is 4.79 Å². The molecule has 0 unspecified atom stereocenters. The first-order chi connectivity index (χ1) is 6.29. The van der Waals surface area contributed by atoms with E-state index in [2.05, 4.69) is 11.4 Å². The molecule has 0 atom stereocenters.